The molecule has 104 valence electrons. The molecule has 1 aliphatic rings. The molecule has 1 atom stereocenters. The summed E-state index contributed by atoms with van der Waals surface area (Å²) in [5.41, 5.74) is 5.72. The number of likely N-dealkylation sites (N-methyl/N-ethyl adjacent to an activating group) is 1. The molecular weight excluding hydrogens is 246 g/mol. The van der Waals surface area contributed by atoms with Gasteiger partial charge < -0.3 is 20.5 Å². The number of pyridine rings is 1. The van der Waals surface area contributed by atoms with Gasteiger partial charge in [-0.1, -0.05) is 6.42 Å². The summed E-state index contributed by atoms with van der Waals surface area (Å²) >= 11 is 0. The van der Waals surface area contributed by atoms with E-state index in [1.54, 1.807) is 0 Å². The van der Waals surface area contributed by atoms with Crippen molar-refractivity contribution in [3.8, 4) is 5.88 Å². The lowest BCUT2D eigenvalue weighted by atomic mass is 10.0. The molecule has 0 aromatic carbocycles. The Hall–Kier alpha value is -1.82. The molecule has 1 saturated heterocycles. The Morgan fingerprint density at radius 1 is 1.63 bits per heavy atom. The van der Waals surface area contributed by atoms with Crippen molar-refractivity contribution in [3.05, 3.63) is 17.8 Å². The third-order valence-corrected chi connectivity index (χ3v) is 3.49. The van der Waals surface area contributed by atoms with E-state index in [-0.39, 0.29) is 11.3 Å². The highest BCUT2D eigenvalue weighted by Gasteiger charge is 2.20. The van der Waals surface area contributed by atoms with E-state index in [2.05, 4.69) is 16.9 Å². The molecule has 1 unspecified atom stereocenters. The SMILES string of the molecule is CN1CCCCC1COc1cc(C(=O)O)c(N)cn1. The summed E-state index contributed by atoms with van der Waals surface area (Å²) < 4.78 is 5.59. The molecule has 0 amide bonds. The second-order valence-electron chi connectivity index (χ2n) is 4.86. The maximum absolute atomic E-state index is 11.0. The van der Waals surface area contributed by atoms with Gasteiger partial charge in [0.25, 0.3) is 0 Å². The average molecular weight is 265 g/mol. The van der Waals surface area contributed by atoms with Gasteiger partial charge in [-0.05, 0) is 26.4 Å². The predicted molar refractivity (Wildman–Crippen MR) is 71.4 cm³/mol. The van der Waals surface area contributed by atoms with Gasteiger partial charge in [-0.3, -0.25) is 0 Å². The van der Waals surface area contributed by atoms with Crippen molar-refractivity contribution >= 4 is 11.7 Å². The van der Waals surface area contributed by atoms with Crippen molar-refractivity contribution in [3.63, 3.8) is 0 Å². The van der Waals surface area contributed by atoms with E-state index in [9.17, 15) is 4.79 Å². The van der Waals surface area contributed by atoms with Gasteiger partial charge in [0.1, 0.15) is 6.61 Å². The largest absolute Gasteiger partial charge is 0.478 e. The fourth-order valence-electron chi connectivity index (χ4n) is 2.25. The molecule has 19 heavy (non-hydrogen) atoms. The zero-order valence-electron chi connectivity index (χ0n) is 11.0. The summed E-state index contributed by atoms with van der Waals surface area (Å²) in [7, 11) is 2.08. The lowest BCUT2D eigenvalue weighted by Gasteiger charge is -2.31. The van der Waals surface area contributed by atoms with Crippen molar-refractivity contribution in [1.82, 2.24) is 9.88 Å². The Labute approximate surface area is 112 Å². The summed E-state index contributed by atoms with van der Waals surface area (Å²) in [4.78, 5) is 17.2. The fraction of sp³-hybridized carbons (Fsp3) is 0.538. The zero-order chi connectivity index (χ0) is 13.8. The van der Waals surface area contributed by atoms with Crippen molar-refractivity contribution in [2.45, 2.75) is 25.3 Å². The van der Waals surface area contributed by atoms with Crippen molar-refractivity contribution in [1.29, 1.82) is 0 Å². The van der Waals surface area contributed by atoms with Crippen LogP contribution < -0.4 is 10.5 Å². The first-order valence-corrected chi connectivity index (χ1v) is 6.40. The minimum Gasteiger partial charge on any atom is -0.478 e. The number of carboxylic acid groups (broad SMARTS) is 1. The van der Waals surface area contributed by atoms with Crippen LogP contribution in [0.15, 0.2) is 12.3 Å². The van der Waals surface area contributed by atoms with Gasteiger partial charge in [0.05, 0.1) is 17.4 Å². The smallest absolute Gasteiger partial charge is 0.338 e. The Morgan fingerprint density at radius 2 is 2.42 bits per heavy atom. The lowest BCUT2D eigenvalue weighted by molar-refractivity contribution is 0.0697. The number of aromatic nitrogens is 1. The Bertz CT molecular complexity index is 464. The molecule has 6 heteroatoms. The number of hydrogen-bond acceptors (Lipinski definition) is 5. The van der Waals surface area contributed by atoms with E-state index in [0.717, 1.165) is 13.0 Å². The summed E-state index contributed by atoms with van der Waals surface area (Å²) in [6, 6.07) is 1.74. The molecule has 1 aromatic rings. The van der Waals surface area contributed by atoms with Gasteiger partial charge in [-0.15, -0.1) is 0 Å². The van der Waals surface area contributed by atoms with E-state index in [0.29, 0.717) is 18.5 Å². The molecule has 3 N–H and O–H groups in total. The van der Waals surface area contributed by atoms with Gasteiger partial charge in [-0.2, -0.15) is 0 Å². The highest BCUT2D eigenvalue weighted by atomic mass is 16.5. The van der Waals surface area contributed by atoms with Crippen LogP contribution in [0.1, 0.15) is 29.6 Å². The number of nitrogens with two attached hydrogens (primary N) is 1. The third-order valence-electron chi connectivity index (χ3n) is 3.49. The number of ether oxygens (including phenoxy) is 1. The normalized spacial score (nSPS) is 20.2. The minimum absolute atomic E-state index is 0.0296. The van der Waals surface area contributed by atoms with Gasteiger partial charge >= 0.3 is 5.97 Å². The molecule has 1 aliphatic heterocycles. The molecule has 2 rings (SSSR count). The van der Waals surface area contributed by atoms with Gasteiger partial charge in [0, 0.05) is 12.1 Å². The number of rotatable bonds is 4. The van der Waals surface area contributed by atoms with Crippen LogP contribution in [-0.2, 0) is 0 Å². The van der Waals surface area contributed by atoms with E-state index in [4.69, 9.17) is 15.6 Å². The average Bonchev–Trinajstić information content (AvgIpc) is 2.39. The van der Waals surface area contributed by atoms with Crippen LogP contribution in [0.25, 0.3) is 0 Å². The number of likely N-dealkylation sites (tertiary alicyclic amines) is 1. The Morgan fingerprint density at radius 3 is 3.11 bits per heavy atom. The monoisotopic (exact) mass is 265 g/mol. The molecule has 2 heterocycles. The number of nitrogens with zero attached hydrogens (tertiary/aromatic N) is 2. The number of aromatic carboxylic acids is 1. The first-order valence-electron chi connectivity index (χ1n) is 6.40. The van der Waals surface area contributed by atoms with Crippen LogP contribution in [0.4, 0.5) is 5.69 Å². The van der Waals surface area contributed by atoms with Gasteiger partial charge in [0.15, 0.2) is 0 Å². The number of piperidine rings is 1. The third kappa shape index (κ3) is 3.35. The Kier molecular flexibility index (Phi) is 4.21. The topological polar surface area (TPSA) is 88.7 Å². The fourth-order valence-corrected chi connectivity index (χ4v) is 2.25. The second-order valence-corrected chi connectivity index (χ2v) is 4.86. The number of anilines is 1. The Balaban J connectivity index is 1.99. The standard InChI is InChI=1S/C13H19N3O3/c1-16-5-3-2-4-9(16)8-19-12-6-10(13(17)18)11(14)7-15-12/h6-7,9H,2-5,8,14H2,1H3,(H,17,18). The summed E-state index contributed by atoms with van der Waals surface area (Å²) in [6.45, 7) is 1.59. The van der Waals surface area contributed by atoms with Gasteiger partial charge in [-0.25, -0.2) is 9.78 Å². The quantitative estimate of drug-likeness (QED) is 0.851. The van der Waals surface area contributed by atoms with Crippen LogP contribution >= 0.6 is 0 Å². The lowest BCUT2D eigenvalue weighted by Crippen LogP contribution is -2.40. The van der Waals surface area contributed by atoms with E-state index in [1.807, 2.05) is 0 Å². The number of hydrogen-bond donors (Lipinski definition) is 2. The molecule has 1 fully saturated rings. The highest BCUT2D eigenvalue weighted by Crippen LogP contribution is 2.19. The second kappa shape index (κ2) is 5.88. The van der Waals surface area contributed by atoms with Crippen molar-refractivity contribution in [2.24, 2.45) is 0 Å². The molecular formula is C13H19N3O3. The van der Waals surface area contributed by atoms with Crippen LogP contribution in [0, 0.1) is 0 Å². The summed E-state index contributed by atoms with van der Waals surface area (Å²) in [5, 5.41) is 8.98. The maximum Gasteiger partial charge on any atom is 0.338 e. The highest BCUT2D eigenvalue weighted by molar-refractivity contribution is 5.93. The summed E-state index contributed by atoms with van der Waals surface area (Å²) in [6.07, 6.45) is 4.84. The zero-order valence-corrected chi connectivity index (χ0v) is 11.0. The van der Waals surface area contributed by atoms with Crippen molar-refractivity contribution < 1.29 is 14.6 Å². The molecule has 0 spiro atoms. The van der Waals surface area contributed by atoms with Gasteiger partial charge in [0.2, 0.25) is 5.88 Å². The van der Waals surface area contributed by atoms with Crippen LogP contribution in [0.3, 0.4) is 0 Å². The first-order chi connectivity index (χ1) is 9.08. The van der Waals surface area contributed by atoms with Crippen LogP contribution in [-0.4, -0.2) is 47.2 Å². The van der Waals surface area contributed by atoms with E-state index in [1.165, 1.54) is 25.1 Å². The molecule has 0 aliphatic carbocycles. The molecule has 0 bridgehead atoms. The number of carbonyl (C=O) groups is 1. The predicted octanol–water partition coefficient (Wildman–Crippen LogP) is 1.23. The van der Waals surface area contributed by atoms with Crippen molar-refractivity contribution in [2.75, 3.05) is 25.9 Å². The molecule has 6 nitrogen and oxygen atoms in total. The first kappa shape index (κ1) is 13.6. The molecule has 0 radical (unpaired) electrons. The summed E-state index contributed by atoms with van der Waals surface area (Å²) in [5.74, 6) is -0.759. The van der Waals surface area contributed by atoms with E-state index >= 15 is 0 Å². The maximum atomic E-state index is 11.0. The molecule has 0 saturated carbocycles. The van der Waals surface area contributed by atoms with Crippen LogP contribution in [0.2, 0.25) is 0 Å². The molecule has 1 aromatic heterocycles. The van der Waals surface area contributed by atoms with E-state index < -0.39 is 5.97 Å². The number of nitrogen functional groups attached to an aromatic ring is 1. The number of carboxylic acids is 1. The minimum atomic E-state index is -1.07. The van der Waals surface area contributed by atoms with Crippen LogP contribution in [0.5, 0.6) is 5.88 Å².